The molecule has 0 radical (unpaired) electrons. The topological polar surface area (TPSA) is 23.6 Å². The smallest absolute Gasteiger partial charge is 0.228 e. The third-order valence-electron chi connectivity index (χ3n) is 3.94. The number of carbonyl (C=O) groups excluding carboxylic acids is 1. The molecule has 2 fully saturated rings. The van der Waals surface area contributed by atoms with E-state index in [4.69, 9.17) is 0 Å². The van der Waals surface area contributed by atoms with Crippen molar-refractivity contribution < 1.29 is 4.79 Å². The van der Waals surface area contributed by atoms with Crippen LogP contribution in [-0.4, -0.2) is 47.9 Å². The van der Waals surface area contributed by atoms with Gasteiger partial charge in [-0.25, -0.2) is 0 Å². The van der Waals surface area contributed by atoms with Gasteiger partial charge in [-0.2, -0.15) is 0 Å². The number of likely N-dealkylation sites (N-methyl/N-ethyl adjacent to an activating group) is 1. The van der Waals surface area contributed by atoms with E-state index in [0.717, 1.165) is 39.0 Å². The number of amides is 1. The van der Waals surface area contributed by atoms with Gasteiger partial charge in [-0.1, -0.05) is 13.8 Å². The van der Waals surface area contributed by atoms with Crippen molar-refractivity contribution >= 4 is 5.91 Å². The van der Waals surface area contributed by atoms with Gasteiger partial charge in [-0.3, -0.25) is 9.69 Å². The van der Waals surface area contributed by atoms with E-state index in [1.165, 1.54) is 0 Å². The minimum absolute atomic E-state index is 0.00262. The molecule has 1 atom stereocenters. The molecule has 15 heavy (non-hydrogen) atoms. The van der Waals surface area contributed by atoms with Crippen molar-refractivity contribution in [1.82, 2.24) is 9.80 Å². The van der Waals surface area contributed by atoms with Gasteiger partial charge in [-0.15, -0.1) is 0 Å². The van der Waals surface area contributed by atoms with Gasteiger partial charge >= 0.3 is 0 Å². The van der Waals surface area contributed by atoms with Crippen LogP contribution < -0.4 is 0 Å². The molecule has 1 amide bonds. The second kappa shape index (κ2) is 3.78. The van der Waals surface area contributed by atoms with Crippen LogP contribution in [0.2, 0.25) is 0 Å². The summed E-state index contributed by atoms with van der Waals surface area (Å²) in [6.45, 7) is 10.6. The highest BCUT2D eigenvalue weighted by molar-refractivity contribution is 5.85. The quantitative estimate of drug-likeness (QED) is 0.686. The fourth-order valence-corrected chi connectivity index (χ4v) is 2.37. The standard InChI is InChI=1S/C12H22N2O/c1-4-13-7-8-14(10(2)9-13)11(15)12(3)5-6-12/h10H,4-9H2,1-3H3. The fraction of sp³-hybridized carbons (Fsp3) is 0.917. The summed E-state index contributed by atoms with van der Waals surface area (Å²) in [4.78, 5) is 16.7. The van der Waals surface area contributed by atoms with Gasteiger partial charge < -0.3 is 4.90 Å². The van der Waals surface area contributed by atoms with E-state index < -0.39 is 0 Å². The lowest BCUT2D eigenvalue weighted by Gasteiger charge is -2.40. The van der Waals surface area contributed by atoms with Gasteiger partial charge in [-0.05, 0) is 26.3 Å². The summed E-state index contributed by atoms with van der Waals surface area (Å²) in [6, 6.07) is 0.392. The minimum atomic E-state index is 0.00262. The molecular weight excluding hydrogens is 188 g/mol. The third kappa shape index (κ3) is 2.03. The first-order chi connectivity index (χ1) is 7.07. The van der Waals surface area contributed by atoms with Crippen LogP contribution in [0.3, 0.4) is 0 Å². The first-order valence-electron chi connectivity index (χ1n) is 6.10. The SMILES string of the molecule is CCN1CCN(C(=O)C2(C)CC2)C(C)C1. The zero-order chi connectivity index (χ0) is 11.1. The first-order valence-corrected chi connectivity index (χ1v) is 6.10. The fourth-order valence-electron chi connectivity index (χ4n) is 2.37. The van der Waals surface area contributed by atoms with Crippen molar-refractivity contribution in [3.05, 3.63) is 0 Å². The Balaban J connectivity index is 1.96. The zero-order valence-corrected chi connectivity index (χ0v) is 10.1. The van der Waals surface area contributed by atoms with Crippen molar-refractivity contribution in [3.8, 4) is 0 Å². The molecule has 0 bridgehead atoms. The molecule has 1 unspecified atom stereocenters. The average molecular weight is 210 g/mol. The van der Waals surface area contributed by atoms with Crippen LogP contribution in [0.25, 0.3) is 0 Å². The molecular formula is C12H22N2O. The molecule has 2 rings (SSSR count). The highest BCUT2D eigenvalue weighted by Crippen LogP contribution is 2.46. The zero-order valence-electron chi connectivity index (χ0n) is 10.1. The molecule has 0 aromatic heterocycles. The van der Waals surface area contributed by atoms with Crippen LogP contribution in [0.5, 0.6) is 0 Å². The van der Waals surface area contributed by atoms with E-state index in [-0.39, 0.29) is 5.41 Å². The molecule has 3 nitrogen and oxygen atoms in total. The molecule has 0 N–H and O–H groups in total. The van der Waals surface area contributed by atoms with Crippen molar-refractivity contribution in [3.63, 3.8) is 0 Å². The molecule has 86 valence electrons. The number of hydrogen-bond donors (Lipinski definition) is 0. The molecule has 0 aromatic rings. The van der Waals surface area contributed by atoms with Gasteiger partial charge in [0.1, 0.15) is 0 Å². The van der Waals surface area contributed by atoms with Gasteiger partial charge in [0.2, 0.25) is 5.91 Å². The molecule has 1 heterocycles. The molecule has 0 spiro atoms. The van der Waals surface area contributed by atoms with Crippen LogP contribution in [0.4, 0.5) is 0 Å². The Labute approximate surface area is 92.4 Å². The number of hydrogen-bond acceptors (Lipinski definition) is 2. The third-order valence-corrected chi connectivity index (χ3v) is 3.94. The predicted octanol–water partition coefficient (Wildman–Crippen LogP) is 1.34. The lowest BCUT2D eigenvalue weighted by Crippen LogP contribution is -2.55. The maximum atomic E-state index is 12.2. The van der Waals surface area contributed by atoms with Gasteiger partial charge in [0.15, 0.2) is 0 Å². The summed E-state index contributed by atoms with van der Waals surface area (Å²) >= 11 is 0. The average Bonchev–Trinajstić information content (AvgIpc) is 2.96. The highest BCUT2D eigenvalue weighted by atomic mass is 16.2. The van der Waals surface area contributed by atoms with Crippen LogP contribution in [-0.2, 0) is 4.79 Å². The van der Waals surface area contributed by atoms with Crippen LogP contribution in [0.1, 0.15) is 33.6 Å². The number of piperazine rings is 1. The second-order valence-electron chi connectivity index (χ2n) is 5.30. The van der Waals surface area contributed by atoms with Gasteiger partial charge in [0, 0.05) is 31.1 Å². The van der Waals surface area contributed by atoms with Crippen LogP contribution >= 0.6 is 0 Å². The van der Waals surface area contributed by atoms with Crippen molar-refractivity contribution in [2.75, 3.05) is 26.2 Å². The molecule has 3 heteroatoms. The highest BCUT2D eigenvalue weighted by Gasteiger charge is 2.48. The monoisotopic (exact) mass is 210 g/mol. The minimum Gasteiger partial charge on any atom is -0.337 e. The number of nitrogens with zero attached hydrogens (tertiary/aromatic N) is 2. The number of carbonyl (C=O) groups is 1. The molecule has 0 aromatic carbocycles. The van der Waals surface area contributed by atoms with E-state index in [9.17, 15) is 4.79 Å². The van der Waals surface area contributed by atoms with E-state index >= 15 is 0 Å². The number of rotatable bonds is 2. The molecule has 1 aliphatic heterocycles. The first kappa shape index (κ1) is 10.9. The van der Waals surface area contributed by atoms with E-state index in [2.05, 4.69) is 30.6 Å². The van der Waals surface area contributed by atoms with Crippen molar-refractivity contribution in [1.29, 1.82) is 0 Å². The normalized spacial score (nSPS) is 30.3. The molecule has 1 aliphatic carbocycles. The van der Waals surface area contributed by atoms with Crippen molar-refractivity contribution in [2.45, 2.75) is 39.7 Å². The molecule has 1 saturated heterocycles. The van der Waals surface area contributed by atoms with Gasteiger partial charge in [0.25, 0.3) is 0 Å². The summed E-state index contributed by atoms with van der Waals surface area (Å²) in [5.41, 5.74) is 0.00262. The largest absolute Gasteiger partial charge is 0.337 e. The lowest BCUT2D eigenvalue weighted by molar-refractivity contribution is -0.140. The Morgan fingerprint density at radius 1 is 1.40 bits per heavy atom. The predicted molar refractivity (Wildman–Crippen MR) is 60.6 cm³/mol. The summed E-state index contributed by atoms with van der Waals surface area (Å²) in [6.07, 6.45) is 2.18. The molecule has 1 saturated carbocycles. The Bertz CT molecular complexity index is 260. The van der Waals surface area contributed by atoms with Crippen molar-refractivity contribution in [2.24, 2.45) is 5.41 Å². The summed E-state index contributed by atoms with van der Waals surface area (Å²) in [7, 11) is 0. The van der Waals surface area contributed by atoms with E-state index in [1.54, 1.807) is 0 Å². The Morgan fingerprint density at radius 2 is 2.07 bits per heavy atom. The summed E-state index contributed by atoms with van der Waals surface area (Å²) in [5.74, 6) is 0.394. The van der Waals surface area contributed by atoms with E-state index in [1.807, 2.05) is 0 Å². The maximum Gasteiger partial charge on any atom is 0.228 e. The Hall–Kier alpha value is -0.570. The summed E-state index contributed by atoms with van der Waals surface area (Å²) < 4.78 is 0. The maximum absolute atomic E-state index is 12.2. The molecule has 2 aliphatic rings. The second-order valence-corrected chi connectivity index (χ2v) is 5.30. The van der Waals surface area contributed by atoms with E-state index in [0.29, 0.717) is 11.9 Å². The lowest BCUT2D eigenvalue weighted by atomic mass is 10.1. The van der Waals surface area contributed by atoms with Crippen LogP contribution in [0, 0.1) is 5.41 Å². The summed E-state index contributed by atoms with van der Waals surface area (Å²) in [5, 5.41) is 0. The Kier molecular flexibility index (Phi) is 2.75. The van der Waals surface area contributed by atoms with Gasteiger partial charge in [0.05, 0.1) is 0 Å². The van der Waals surface area contributed by atoms with Crippen LogP contribution in [0.15, 0.2) is 0 Å². The Morgan fingerprint density at radius 3 is 2.53 bits per heavy atom.